The minimum atomic E-state index is -0.409. The van der Waals surface area contributed by atoms with Gasteiger partial charge in [0.05, 0.1) is 6.54 Å². The van der Waals surface area contributed by atoms with Gasteiger partial charge in [-0.2, -0.15) is 0 Å². The van der Waals surface area contributed by atoms with E-state index in [0.717, 1.165) is 5.56 Å². The first-order chi connectivity index (χ1) is 14.4. The summed E-state index contributed by atoms with van der Waals surface area (Å²) < 4.78 is 18.6. The Hall–Kier alpha value is -3.48. The van der Waals surface area contributed by atoms with E-state index in [1.165, 1.54) is 30.3 Å². The monoisotopic (exact) mass is 409 g/mol. The number of amides is 2. The van der Waals surface area contributed by atoms with Crippen LogP contribution in [0.3, 0.4) is 0 Å². The molecule has 1 heterocycles. The summed E-state index contributed by atoms with van der Waals surface area (Å²) in [6.45, 7) is 4.97. The Balaban J connectivity index is 1.78. The molecule has 0 aliphatic heterocycles. The van der Waals surface area contributed by atoms with Gasteiger partial charge in [-0.05, 0) is 35.7 Å². The smallest absolute Gasteiger partial charge is 0.273 e. The molecule has 1 aromatic heterocycles. The first kappa shape index (κ1) is 21.2. The highest BCUT2D eigenvalue weighted by Gasteiger charge is 2.20. The van der Waals surface area contributed by atoms with E-state index in [1.54, 1.807) is 4.90 Å². The Morgan fingerprint density at radius 2 is 1.77 bits per heavy atom. The molecule has 156 valence electrons. The van der Waals surface area contributed by atoms with E-state index in [1.807, 2.05) is 44.2 Å². The van der Waals surface area contributed by atoms with Gasteiger partial charge in [0.25, 0.3) is 11.8 Å². The fourth-order valence-electron chi connectivity index (χ4n) is 2.85. The zero-order valence-corrected chi connectivity index (χ0v) is 17.0. The Morgan fingerprint density at radius 3 is 2.43 bits per heavy atom. The minimum absolute atomic E-state index is 0.121. The maximum Gasteiger partial charge on any atom is 0.273 e. The highest BCUT2D eigenvalue weighted by atomic mass is 19.1. The van der Waals surface area contributed by atoms with Crippen molar-refractivity contribution in [2.75, 3.05) is 6.54 Å². The van der Waals surface area contributed by atoms with E-state index < -0.39 is 5.82 Å². The van der Waals surface area contributed by atoms with Crippen LogP contribution in [0.1, 0.15) is 46.0 Å². The van der Waals surface area contributed by atoms with Crippen molar-refractivity contribution in [3.63, 3.8) is 0 Å². The first-order valence-electron chi connectivity index (χ1n) is 9.75. The average Bonchev–Trinajstić information content (AvgIpc) is 3.21. The molecule has 0 atom stereocenters. The van der Waals surface area contributed by atoms with Crippen LogP contribution in [0.15, 0.2) is 65.2 Å². The standard InChI is InChI=1S/C23H24FN3O3/c1-16(2)13-25-22(28)21-12-20(30-26-21)15-27(14-17-6-4-3-5-7-17)23(29)18-8-10-19(24)11-9-18/h3-12,16H,13-15H2,1-2H3,(H,25,28). The number of rotatable bonds is 8. The molecule has 0 saturated carbocycles. The predicted molar refractivity (Wildman–Crippen MR) is 110 cm³/mol. The highest BCUT2D eigenvalue weighted by molar-refractivity contribution is 5.94. The maximum atomic E-state index is 13.2. The summed E-state index contributed by atoms with van der Waals surface area (Å²) in [4.78, 5) is 26.8. The molecule has 0 fully saturated rings. The number of hydrogen-bond donors (Lipinski definition) is 1. The van der Waals surface area contributed by atoms with E-state index >= 15 is 0 Å². The highest BCUT2D eigenvalue weighted by Crippen LogP contribution is 2.16. The molecule has 30 heavy (non-hydrogen) atoms. The fourth-order valence-corrected chi connectivity index (χ4v) is 2.85. The molecule has 3 aromatic rings. The predicted octanol–water partition coefficient (Wildman–Crippen LogP) is 4.04. The molecule has 0 saturated heterocycles. The molecule has 0 aliphatic rings. The van der Waals surface area contributed by atoms with E-state index in [0.29, 0.717) is 30.3 Å². The Labute approximate surface area is 174 Å². The Bertz CT molecular complexity index is 984. The summed E-state index contributed by atoms with van der Waals surface area (Å²) >= 11 is 0. The van der Waals surface area contributed by atoms with Gasteiger partial charge in [0, 0.05) is 24.7 Å². The van der Waals surface area contributed by atoms with Crippen molar-refractivity contribution >= 4 is 11.8 Å². The van der Waals surface area contributed by atoms with E-state index in [9.17, 15) is 14.0 Å². The molecule has 7 heteroatoms. The Kier molecular flexibility index (Phi) is 6.95. The van der Waals surface area contributed by atoms with Crippen LogP contribution in [-0.4, -0.2) is 28.4 Å². The van der Waals surface area contributed by atoms with Crippen LogP contribution in [0.5, 0.6) is 0 Å². The van der Waals surface area contributed by atoms with E-state index in [-0.39, 0.29) is 24.1 Å². The second-order valence-electron chi connectivity index (χ2n) is 7.44. The summed E-state index contributed by atoms with van der Waals surface area (Å²) in [6.07, 6.45) is 0. The topological polar surface area (TPSA) is 75.4 Å². The number of hydrogen-bond acceptors (Lipinski definition) is 4. The normalized spacial score (nSPS) is 10.8. The number of halogens is 1. The van der Waals surface area contributed by atoms with Gasteiger partial charge in [-0.25, -0.2) is 4.39 Å². The average molecular weight is 409 g/mol. The quantitative estimate of drug-likeness (QED) is 0.609. The number of nitrogens with one attached hydrogen (secondary N) is 1. The van der Waals surface area contributed by atoms with Crippen molar-refractivity contribution < 1.29 is 18.5 Å². The number of nitrogens with zero attached hydrogens (tertiary/aromatic N) is 2. The van der Waals surface area contributed by atoms with Crippen LogP contribution in [0.25, 0.3) is 0 Å². The molecule has 3 rings (SSSR count). The lowest BCUT2D eigenvalue weighted by Crippen LogP contribution is -2.30. The molecule has 6 nitrogen and oxygen atoms in total. The molecule has 2 amide bonds. The summed E-state index contributed by atoms with van der Waals surface area (Å²) in [5.74, 6) is -0.307. The van der Waals surface area contributed by atoms with Gasteiger partial charge in [-0.1, -0.05) is 49.3 Å². The third kappa shape index (κ3) is 5.76. The number of aromatic nitrogens is 1. The van der Waals surface area contributed by atoms with Crippen molar-refractivity contribution in [1.29, 1.82) is 0 Å². The molecule has 0 spiro atoms. The number of benzene rings is 2. The van der Waals surface area contributed by atoms with Crippen LogP contribution in [-0.2, 0) is 13.1 Å². The fraction of sp³-hybridized carbons (Fsp3) is 0.261. The van der Waals surface area contributed by atoms with E-state index in [2.05, 4.69) is 10.5 Å². The molecule has 0 radical (unpaired) electrons. The molecule has 0 bridgehead atoms. The van der Waals surface area contributed by atoms with Crippen LogP contribution >= 0.6 is 0 Å². The largest absolute Gasteiger partial charge is 0.359 e. The summed E-state index contributed by atoms with van der Waals surface area (Å²) in [6, 6.07) is 16.4. The number of carbonyl (C=O) groups is 2. The van der Waals surface area contributed by atoms with Crippen molar-refractivity contribution in [3.8, 4) is 0 Å². The number of carbonyl (C=O) groups excluding carboxylic acids is 2. The van der Waals surface area contributed by atoms with Crippen LogP contribution < -0.4 is 5.32 Å². The van der Waals surface area contributed by atoms with Crippen LogP contribution in [0.2, 0.25) is 0 Å². The first-order valence-corrected chi connectivity index (χ1v) is 9.75. The maximum absolute atomic E-state index is 13.2. The SMILES string of the molecule is CC(C)CNC(=O)c1cc(CN(Cc2ccccc2)C(=O)c2ccc(F)cc2)on1. The van der Waals surface area contributed by atoms with Gasteiger partial charge >= 0.3 is 0 Å². The van der Waals surface area contributed by atoms with Crippen molar-refractivity contribution in [2.45, 2.75) is 26.9 Å². The van der Waals surface area contributed by atoms with E-state index in [4.69, 9.17) is 4.52 Å². The molecule has 0 aliphatic carbocycles. The van der Waals surface area contributed by atoms with Crippen molar-refractivity contribution in [1.82, 2.24) is 15.4 Å². The van der Waals surface area contributed by atoms with Crippen LogP contribution in [0, 0.1) is 11.7 Å². The van der Waals surface area contributed by atoms with Gasteiger partial charge in [-0.3, -0.25) is 9.59 Å². The van der Waals surface area contributed by atoms with Gasteiger partial charge in [-0.15, -0.1) is 0 Å². The Morgan fingerprint density at radius 1 is 1.07 bits per heavy atom. The van der Waals surface area contributed by atoms with Crippen molar-refractivity contribution in [2.24, 2.45) is 5.92 Å². The van der Waals surface area contributed by atoms with Crippen molar-refractivity contribution in [3.05, 3.63) is 89.1 Å². The second kappa shape index (κ2) is 9.82. The zero-order valence-electron chi connectivity index (χ0n) is 17.0. The molecular formula is C23H24FN3O3. The van der Waals surface area contributed by atoms with Gasteiger partial charge in [0.1, 0.15) is 5.82 Å². The molecule has 2 aromatic carbocycles. The lowest BCUT2D eigenvalue weighted by atomic mass is 10.1. The molecule has 0 unspecified atom stereocenters. The molecule has 1 N–H and O–H groups in total. The zero-order chi connectivity index (χ0) is 21.5. The summed E-state index contributed by atoms with van der Waals surface area (Å²) in [7, 11) is 0. The lowest BCUT2D eigenvalue weighted by Gasteiger charge is -2.21. The lowest BCUT2D eigenvalue weighted by molar-refractivity contribution is 0.0713. The summed E-state index contributed by atoms with van der Waals surface area (Å²) in [5.41, 5.74) is 1.46. The van der Waals surface area contributed by atoms with Crippen LogP contribution in [0.4, 0.5) is 4.39 Å². The second-order valence-corrected chi connectivity index (χ2v) is 7.44. The third-order valence-electron chi connectivity index (χ3n) is 4.40. The van der Waals surface area contributed by atoms with Gasteiger partial charge in [0.15, 0.2) is 11.5 Å². The van der Waals surface area contributed by atoms with Gasteiger partial charge < -0.3 is 14.7 Å². The molecular weight excluding hydrogens is 385 g/mol. The minimum Gasteiger partial charge on any atom is -0.359 e. The van der Waals surface area contributed by atoms with Gasteiger partial charge in [0.2, 0.25) is 0 Å². The summed E-state index contributed by atoms with van der Waals surface area (Å²) in [5, 5.41) is 6.60. The third-order valence-corrected chi connectivity index (χ3v) is 4.40.